The number of hydrogen-bond acceptors (Lipinski definition) is 9. The fraction of sp³-hybridized carbons (Fsp3) is 0.522. The van der Waals surface area contributed by atoms with E-state index in [0.29, 0.717) is 0 Å². The largest absolute Gasteiger partial charge is 0.653 e. The van der Waals surface area contributed by atoms with Gasteiger partial charge in [-0.15, -0.1) is 4.52 Å². The first-order valence-corrected chi connectivity index (χ1v) is 12.9. The standard InChI is InChI=1S/C23H27FN3O9P/c1-14(20(30)34-15-9-6-10-15)27(36-16-7-4-3-5-8-16)37(32)33-13-17-19(29)23(2,24)21(35-17)26-12-11-18(28)25-22(26)31/h3-5,7-8,11-12,14-15,17,19,21,29H,6,9-10,13H2,1-2H3/p+1/t14?,17-,19-,21-,23-/m1/s1. The molecule has 0 bridgehead atoms. The van der Waals surface area contributed by atoms with Crippen LogP contribution in [0, 0.1) is 0 Å². The summed E-state index contributed by atoms with van der Waals surface area (Å²) < 4.78 is 45.6. The average Bonchev–Trinajstić information content (AvgIpc) is 3.06. The molecule has 1 aliphatic carbocycles. The van der Waals surface area contributed by atoms with Crippen LogP contribution in [0.5, 0.6) is 5.75 Å². The fourth-order valence-corrected chi connectivity index (χ4v) is 4.77. The number of aliphatic hydroxyl groups excluding tert-OH is 1. The van der Waals surface area contributed by atoms with Crippen molar-refractivity contribution in [1.82, 2.24) is 14.4 Å². The second-order valence-electron chi connectivity index (χ2n) is 9.05. The molecule has 4 rings (SSSR count). The Balaban J connectivity index is 1.46. The number of hydrogen-bond donors (Lipinski definition) is 2. The highest BCUT2D eigenvalue weighted by molar-refractivity contribution is 7.36. The fourth-order valence-electron chi connectivity index (χ4n) is 3.84. The molecule has 14 heteroatoms. The van der Waals surface area contributed by atoms with Crippen LogP contribution in [0.4, 0.5) is 4.39 Å². The van der Waals surface area contributed by atoms with Crippen molar-refractivity contribution < 1.29 is 37.7 Å². The van der Waals surface area contributed by atoms with E-state index < -0.39 is 62.2 Å². The summed E-state index contributed by atoms with van der Waals surface area (Å²) >= 11 is 0. The first kappa shape index (κ1) is 27.1. The highest BCUT2D eigenvalue weighted by Gasteiger charge is 2.56. The van der Waals surface area contributed by atoms with E-state index in [0.717, 1.165) is 47.9 Å². The molecular weight excluding hydrogens is 512 g/mol. The molecule has 2 aliphatic rings. The lowest BCUT2D eigenvalue weighted by Crippen LogP contribution is -2.43. The molecule has 1 aromatic heterocycles. The Kier molecular flexibility index (Phi) is 8.20. The third-order valence-electron chi connectivity index (χ3n) is 6.28. The van der Waals surface area contributed by atoms with Gasteiger partial charge in [-0.05, 0) is 49.8 Å². The zero-order valence-electron chi connectivity index (χ0n) is 20.2. The molecule has 1 aromatic carbocycles. The maximum absolute atomic E-state index is 15.4. The van der Waals surface area contributed by atoms with Crippen LogP contribution in [0.15, 0.2) is 52.2 Å². The maximum Gasteiger partial charge on any atom is 0.653 e. The summed E-state index contributed by atoms with van der Waals surface area (Å²) in [5.74, 6) is -0.373. The molecule has 37 heavy (non-hydrogen) atoms. The first-order chi connectivity index (χ1) is 17.6. The first-order valence-electron chi connectivity index (χ1n) is 11.7. The average molecular weight is 540 g/mol. The molecule has 1 saturated carbocycles. The number of esters is 1. The van der Waals surface area contributed by atoms with Gasteiger partial charge in [-0.1, -0.05) is 18.2 Å². The van der Waals surface area contributed by atoms with Gasteiger partial charge in [0.1, 0.15) is 29.8 Å². The Morgan fingerprint density at radius 2 is 2.03 bits per heavy atom. The molecule has 0 spiro atoms. The molecular formula is C23H28FN3O9P+. The molecule has 2 unspecified atom stereocenters. The molecule has 2 heterocycles. The van der Waals surface area contributed by atoms with E-state index in [1.165, 1.54) is 6.92 Å². The molecule has 0 amide bonds. The van der Waals surface area contributed by atoms with Gasteiger partial charge in [-0.25, -0.2) is 9.18 Å². The zero-order chi connectivity index (χ0) is 26.7. The minimum absolute atomic E-state index is 0.204. The molecule has 2 N–H and O–H groups in total. The van der Waals surface area contributed by atoms with Crippen molar-refractivity contribution in [2.75, 3.05) is 6.61 Å². The number of hydroxylamine groups is 1. The second-order valence-corrected chi connectivity index (χ2v) is 10.2. The number of nitrogens with one attached hydrogen (secondary N) is 1. The highest BCUT2D eigenvalue weighted by Crippen LogP contribution is 2.42. The van der Waals surface area contributed by atoms with E-state index in [2.05, 4.69) is 0 Å². The molecule has 2 aromatic rings. The van der Waals surface area contributed by atoms with Crippen LogP contribution in [-0.4, -0.2) is 62.1 Å². The van der Waals surface area contributed by atoms with Gasteiger partial charge < -0.3 is 19.4 Å². The number of H-pyrrole nitrogens is 1. The van der Waals surface area contributed by atoms with Gasteiger partial charge in [-0.3, -0.25) is 19.1 Å². The Hall–Kier alpha value is -2.96. The minimum Gasteiger partial charge on any atom is -0.461 e. The topological polar surface area (TPSA) is 149 Å². The summed E-state index contributed by atoms with van der Waals surface area (Å²) in [6.45, 7) is 1.91. The van der Waals surface area contributed by atoms with Crippen molar-refractivity contribution in [1.29, 1.82) is 0 Å². The predicted molar refractivity (Wildman–Crippen MR) is 126 cm³/mol. The highest BCUT2D eigenvalue weighted by atomic mass is 31.1. The van der Waals surface area contributed by atoms with Crippen LogP contribution < -0.4 is 16.1 Å². The number of ether oxygens (including phenoxy) is 2. The number of carbonyl (C=O) groups is 1. The van der Waals surface area contributed by atoms with E-state index in [1.54, 1.807) is 30.3 Å². The van der Waals surface area contributed by atoms with Gasteiger partial charge in [0.15, 0.2) is 23.7 Å². The van der Waals surface area contributed by atoms with E-state index >= 15 is 4.39 Å². The Morgan fingerprint density at radius 1 is 1.32 bits per heavy atom. The van der Waals surface area contributed by atoms with Gasteiger partial charge in [0.05, 0.1) is 0 Å². The van der Waals surface area contributed by atoms with Crippen LogP contribution in [0.1, 0.15) is 39.3 Å². The number of aliphatic hydroxyl groups is 1. The normalized spacial score (nSPS) is 26.9. The van der Waals surface area contributed by atoms with Crippen molar-refractivity contribution in [3.8, 4) is 5.75 Å². The molecule has 6 atom stereocenters. The maximum atomic E-state index is 15.4. The lowest BCUT2D eigenvalue weighted by molar-refractivity contribution is -0.164. The van der Waals surface area contributed by atoms with Crippen molar-refractivity contribution in [2.24, 2.45) is 0 Å². The second kappa shape index (κ2) is 11.2. The number of aromatic amines is 1. The summed E-state index contributed by atoms with van der Waals surface area (Å²) in [6.07, 6.45) is -1.41. The van der Waals surface area contributed by atoms with Crippen molar-refractivity contribution in [2.45, 2.75) is 69.4 Å². The quantitative estimate of drug-likeness (QED) is 0.260. The molecule has 12 nitrogen and oxygen atoms in total. The van der Waals surface area contributed by atoms with Gasteiger partial charge >= 0.3 is 19.8 Å². The van der Waals surface area contributed by atoms with Crippen LogP contribution in [0.25, 0.3) is 0 Å². The van der Waals surface area contributed by atoms with Gasteiger partial charge in [0, 0.05) is 12.3 Å². The summed E-state index contributed by atoms with van der Waals surface area (Å²) in [7, 11) is -2.87. The van der Waals surface area contributed by atoms with Crippen molar-refractivity contribution in [3.63, 3.8) is 0 Å². The summed E-state index contributed by atoms with van der Waals surface area (Å²) in [6, 6.07) is 8.18. The van der Waals surface area contributed by atoms with Crippen LogP contribution >= 0.6 is 8.18 Å². The number of para-hydroxylation sites is 1. The number of carbonyl (C=O) groups excluding carboxylic acids is 1. The number of rotatable bonds is 10. The number of halogens is 1. The summed E-state index contributed by atoms with van der Waals surface area (Å²) in [5.41, 5.74) is -4.06. The van der Waals surface area contributed by atoms with Crippen LogP contribution in [-0.2, 0) is 23.4 Å². The predicted octanol–water partition coefficient (Wildman–Crippen LogP) is 1.98. The van der Waals surface area contributed by atoms with E-state index in [9.17, 15) is 24.1 Å². The molecule has 0 radical (unpaired) electrons. The zero-order valence-corrected chi connectivity index (χ0v) is 21.1. The Morgan fingerprint density at radius 3 is 2.65 bits per heavy atom. The van der Waals surface area contributed by atoms with E-state index in [4.69, 9.17) is 18.8 Å². The van der Waals surface area contributed by atoms with Crippen LogP contribution in [0.3, 0.4) is 0 Å². The smallest absolute Gasteiger partial charge is 0.461 e. The van der Waals surface area contributed by atoms with E-state index in [-0.39, 0.29) is 11.9 Å². The van der Waals surface area contributed by atoms with E-state index in [1.807, 2.05) is 4.98 Å². The molecule has 2 fully saturated rings. The lowest BCUT2D eigenvalue weighted by atomic mass is 9.96. The van der Waals surface area contributed by atoms with Crippen LogP contribution in [0.2, 0.25) is 0 Å². The third kappa shape index (κ3) is 5.97. The molecule has 1 aliphatic heterocycles. The third-order valence-corrected chi connectivity index (χ3v) is 7.40. The van der Waals surface area contributed by atoms with Gasteiger partial charge in [0.25, 0.3) is 5.56 Å². The number of benzene rings is 1. The molecule has 1 saturated heterocycles. The monoisotopic (exact) mass is 540 g/mol. The molecule has 200 valence electrons. The summed E-state index contributed by atoms with van der Waals surface area (Å²) in [4.78, 5) is 44.6. The Bertz CT molecular complexity index is 1230. The number of aromatic nitrogens is 2. The number of alkyl halides is 1. The minimum atomic E-state index is -2.87. The SMILES string of the molecule is CC(C(=O)OC1CCC1)N(Oc1ccccc1)[P+](=O)OC[C@H]1O[C@@H](n2ccc(=O)[nH]c2=O)[C@](C)(F)[C@@H]1O. The van der Waals surface area contributed by atoms with Crippen molar-refractivity contribution in [3.05, 3.63) is 63.4 Å². The summed E-state index contributed by atoms with van der Waals surface area (Å²) in [5, 5.41) is 10.5. The number of nitrogens with zero attached hydrogens (tertiary/aromatic N) is 2. The van der Waals surface area contributed by atoms with Gasteiger partial charge in [-0.2, -0.15) is 0 Å². The van der Waals surface area contributed by atoms with Gasteiger partial charge in [0.2, 0.25) is 0 Å². The lowest BCUT2D eigenvalue weighted by Gasteiger charge is -2.27. The Labute approximate surface area is 211 Å². The van der Waals surface area contributed by atoms with Crippen molar-refractivity contribution >= 4 is 14.1 Å².